The Hall–Kier alpha value is -2.93. The van der Waals surface area contributed by atoms with Crippen LogP contribution in [-0.2, 0) is 11.3 Å². The normalized spacial score (nSPS) is 10.9. The zero-order valence-electron chi connectivity index (χ0n) is 14.4. The van der Waals surface area contributed by atoms with Gasteiger partial charge in [0.1, 0.15) is 10.2 Å². The summed E-state index contributed by atoms with van der Waals surface area (Å²) in [5, 5.41) is 19.3. The van der Waals surface area contributed by atoms with Crippen LogP contribution in [0.4, 0.5) is 19.7 Å². The number of hydrogen-bond donors (Lipinski definition) is 1. The lowest BCUT2D eigenvalue weighted by molar-refractivity contribution is -0.390. The van der Waals surface area contributed by atoms with Crippen LogP contribution in [-0.4, -0.2) is 32.2 Å². The second-order valence-electron chi connectivity index (χ2n) is 5.56. The summed E-state index contributed by atoms with van der Waals surface area (Å²) in [5.41, 5.74) is 1.25. The number of halogens is 3. The highest BCUT2D eigenvalue weighted by Gasteiger charge is 2.19. The second-order valence-corrected chi connectivity index (χ2v) is 7.27. The molecule has 0 aliphatic carbocycles. The summed E-state index contributed by atoms with van der Waals surface area (Å²) in [6, 6.07) is 5.97. The average molecular weight is 488 g/mol. The SMILES string of the molecule is O=C(CCn1cc(Br)c([N+](=O)[O-])n1)Nc1nc(-c2ccc(OC(F)F)cc2)cs1. The summed E-state index contributed by atoms with van der Waals surface area (Å²) in [4.78, 5) is 26.5. The van der Waals surface area contributed by atoms with Crippen molar-refractivity contribution in [1.82, 2.24) is 14.8 Å². The fourth-order valence-electron chi connectivity index (χ4n) is 2.29. The molecule has 3 rings (SSSR count). The van der Waals surface area contributed by atoms with Crippen molar-refractivity contribution in [2.45, 2.75) is 19.6 Å². The maximum Gasteiger partial charge on any atom is 0.404 e. The number of thiazole rings is 1. The number of carbonyl (C=O) groups is 1. The van der Waals surface area contributed by atoms with Gasteiger partial charge in [0.2, 0.25) is 5.91 Å². The van der Waals surface area contributed by atoms with E-state index >= 15 is 0 Å². The molecule has 152 valence electrons. The highest BCUT2D eigenvalue weighted by molar-refractivity contribution is 9.10. The van der Waals surface area contributed by atoms with Gasteiger partial charge >= 0.3 is 12.4 Å². The number of nitrogens with zero attached hydrogens (tertiary/aromatic N) is 4. The standard InChI is InChI=1S/C16H12BrF2N5O4S/c17-11-7-23(22-14(11)24(26)27)6-5-13(25)21-16-20-12(8-29-16)9-1-3-10(4-2-9)28-15(18)19/h1-4,7-8,15H,5-6H2,(H,20,21,25). The molecule has 13 heteroatoms. The number of nitrogens with one attached hydrogen (secondary N) is 1. The fraction of sp³-hybridized carbons (Fsp3) is 0.188. The maximum absolute atomic E-state index is 12.2. The van der Waals surface area contributed by atoms with Gasteiger partial charge in [-0.15, -0.1) is 11.3 Å². The number of anilines is 1. The van der Waals surface area contributed by atoms with Crippen molar-refractivity contribution in [3.8, 4) is 17.0 Å². The zero-order chi connectivity index (χ0) is 21.0. The monoisotopic (exact) mass is 487 g/mol. The Kier molecular flexibility index (Phi) is 6.49. The molecule has 1 amide bonds. The van der Waals surface area contributed by atoms with E-state index in [9.17, 15) is 23.7 Å². The van der Waals surface area contributed by atoms with Gasteiger partial charge in [-0.3, -0.25) is 4.79 Å². The lowest BCUT2D eigenvalue weighted by atomic mass is 10.2. The first-order chi connectivity index (χ1) is 13.8. The van der Waals surface area contributed by atoms with E-state index in [1.165, 1.54) is 34.3 Å². The molecule has 3 aromatic rings. The van der Waals surface area contributed by atoms with Gasteiger partial charge in [-0.25, -0.2) is 4.98 Å². The minimum atomic E-state index is -2.89. The van der Waals surface area contributed by atoms with Crippen molar-refractivity contribution in [3.05, 3.63) is 50.4 Å². The van der Waals surface area contributed by atoms with E-state index in [2.05, 4.69) is 36.1 Å². The molecule has 0 atom stereocenters. The predicted molar refractivity (Wildman–Crippen MR) is 104 cm³/mol. The molecule has 0 aliphatic heterocycles. The quantitative estimate of drug-likeness (QED) is 0.374. The maximum atomic E-state index is 12.2. The zero-order valence-corrected chi connectivity index (χ0v) is 16.8. The Morgan fingerprint density at radius 3 is 2.72 bits per heavy atom. The van der Waals surface area contributed by atoms with E-state index in [4.69, 9.17) is 0 Å². The van der Waals surface area contributed by atoms with Crippen molar-refractivity contribution in [2.24, 2.45) is 0 Å². The highest BCUT2D eigenvalue weighted by Crippen LogP contribution is 2.27. The molecule has 0 unspecified atom stereocenters. The molecule has 0 bridgehead atoms. The van der Waals surface area contributed by atoms with E-state index in [-0.39, 0.29) is 34.9 Å². The first-order valence-electron chi connectivity index (χ1n) is 8.00. The molecule has 1 aromatic carbocycles. The van der Waals surface area contributed by atoms with Crippen LogP contribution >= 0.6 is 27.3 Å². The van der Waals surface area contributed by atoms with Crippen molar-refractivity contribution in [1.29, 1.82) is 0 Å². The summed E-state index contributed by atoms with van der Waals surface area (Å²) < 4.78 is 30.2. The molecule has 2 aromatic heterocycles. The number of carbonyl (C=O) groups excluding carboxylic acids is 1. The van der Waals surface area contributed by atoms with Crippen molar-refractivity contribution in [3.63, 3.8) is 0 Å². The Morgan fingerprint density at radius 1 is 1.38 bits per heavy atom. The number of amides is 1. The Bertz CT molecular complexity index is 1020. The third kappa shape index (κ3) is 5.54. The van der Waals surface area contributed by atoms with E-state index in [0.29, 0.717) is 16.4 Å². The number of ether oxygens (including phenoxy) is 1. The van der Waals surface area contributed by atoms with Crippen LogP contribution in [0.15, 0.2) is 40.3 Å². The van der Waals surface area contributed by atoms with E-state index in [1.807, 2.05) is 0 Å². The molecule has 0 fully saturated rings. The van der Waals surface area contributed by atoms with E-state index in [1.54, 1.807) is 17.5 Å². The molecular formula is C16H12BrF2N5O4S. The first kappa shape index (κ1) is 20.8. The van der Waals surface area contributed by atoms with Crippen LogP contribution in [0.3, 0.4) is 0 Å². The molecular weight excluding hydrogens is 476 g/mol. The molecule has 0 saturated heterocycles. The number of alkyl halides is 2. The van der Waals surface area contributed by atoms with E-state index in [0.717, 1.165) is 0 Å². The molecule has 2 heterocycles. The third-order valence-corrected chi connectivity index (χ3v) is 4.88. The second kappa shape index (κ2) is 9.05. The number of nitro groups is 1. The Morgan fingerprint density at radius 2 is 2.10 bits per heavy atom. The number of hydrogen-bond acceptors (Lipinski definition) is 7. The van der Waals surface area contributed by atoms with E-state index < -0.39 is 11.5 Å². The summed E-state index contributed by atoms with van der Waals surface area (Å²) in [6.07, 6.45) is 1.47. The lowest BCUT2D eigenvalue weighted by Crippen LogP contribution is -2.14. The van der Waals surface area contributed by atoms with Crippen LogP contribution < -0.4 is 10.1 Å². The van der Waals surface area contributed by atoms with Gasteiger partial charge in [-0.2, -0.15) is 13.5 Å². The lowest BCUT2D eigenvalue weighted by Gasteiger charge is -2.04. The highest BCUT2D eigenvalue weighted by atomic mass is 79.9. The molecule has 1 N–H and O–H groups in total. The topological polar surface area (TPSA) is 112 Å². The minimum Gasteiger partial charge on any atom is -0.435 e. The van der Waals surface area contributed by atoms with Gasteiger partial charge in [0, 0.05) is 17.4 Å². The van der Waals surface area contributed by atoms with Gasteiger partial charge in [-0.1, -0.05) is 0 Å². The van der Waals surface area contributed by atoms with Gasteiger partial charge in [0.15, 0.2) is 5.13 Å². The van der Waals surface area contributed by atoms with Gasteiger partial charge in [0.25, 0.3) is 0 Å². The smallest absolute Gasteiger partial charge is 0.404 e. The number of benzene rings is 1. The van der Waals surface area contributed by atoms with Crippen molar-refractivity contribution >= 4 is 44.1 Å². The number of rotatable bonds is 8. The van der Waals surface area contributed by atoms with Crippen LogP contribution in [0.25, 0.3) is 11.3 Å². The third-order valence-electron chi connectivity index (χ3n) is 3.57. The molecule has 0 radical (unpaired) electrons. The van der Waals surface area contributed by atoms with Crippen molar-refractivity contribution < 1.29 is 23.2 Å². The molecule has 29 heavy (non-hydrogen) atoms. The summed E-state index contributed by atoms with van der Waals surface area (Å²) in [7, 11) is 0. The average Bonchev–Trinajstić information content (AvgIpc) is 3.27. The number of aromatic nitrogens is 3. The Balaban J connectivity index is 1.56. The Labute approximate surface area is 174 Å². The van der Waals surface area contributed by atoms with Crippen LogP contribution in [0, 0.1) is 10.1 Å². The van der Waals surface area contributed by atoms with Gasteiger partial charge in [0.05, 0.1) is 23.5 Å². The van der Waals surface area contributed by atoms with Crippen LogP contribution in [0.2, 0.25) is 0 Å². The molecule has 9 nitrogen and oxygen atoms in total. The van der Waals surface area contributed by atoms with Gasteiger partial charge in [-0.05, 0) is 45.1 Å². The van der Waals surface area contributed by atoms with Crippen molar-refractivity contribution in [2.75, 3.05) is 5.32 Å². The molecule has 0 saturated carbocycles. The predicted octanol–water partition coefficient (Wildman–Crippen LogP) is 4.31. The number of aryl methyl sites for hydroxylation is 1. The van der Waals surface area contributed by atoms with Gasteiger partial charge < -0.3 is 20.2 Å². The first-order valence-corrected chi connectivity index (χ1v) is 9.67. The minimum absolute atomic E-state index is 0.0398. The molecule has 0 spiro atoms. The van der Waals surface area contributed by atoms with Crippen LogP contribution in [0.5, 0.6) is 5.75 Å². The summed E-state index contributed by atoms with van der Waals surface area (Å²) in [5.74, 6) is -0.612. The summed E-state index contributed by atoms with van der Waals surface area (Å²) in [6.45, 7) is -2.74. The summed E-state index contributed by atoms with van der Waals surface area (Å²) >= 11 is 4.25. The van der Waals surface area contributed by atoms with Crippen LogP contribution in [0.1, 0.15) is 6.42 Å². The largest absolute Gasteiger partial charge is 0.435 e. The molecule has 0 aliphatic rings. The fourth-order valence-corrected chi connectivity index (χ4v) is 3.49.